The number of nitrogens with zero attached hydrogens (tertiary/aromatic N) is 2. The first kappa shape index (κ1) is 15.2. The van der Waals surface area contributed by atoms with E-state index in [-0.39, 0.29) is 0 Å². The Morgan fingerprint density at radius 2 is 1.90 bits per heavy atom. The Hall–Kier alpha value is -1.22. The third-order valence-corrected chi connectivity index (χ3v) is 4.15. The van der Waals surface area contributed by atoms with Crippen LogP contribution in [-0.4, -0.2) is 39.3 Å². The van der Waals surface area contributed by atoms with E-state index in [2.05, 4.69) is 60.2 Å². The molecule has 0 saturated carbocycles. The van der Waals surface area contributed by atoms with Crippen LogP contribution in [0.3, 0.4) is 0 Å². The van der Waals surface area contributed by atoms with Crippen LogP contribution >= 0.6 is 0 Å². The zero-order chi connectivity index (χ0) is 14.4. The molecule has 1 aliphatic heterocycles. The molecule has 112 valence electrons. The third-order valence-electron chi connectivity index (χ3n) is 4.15. The summed E-state index contributed by atoms with van der Waals surface area (Å²) in [6.07, 6.45) is 1.23. The average Bonchev–Trinajstić information content (AvgIpc) is 2.45. The fourth-order valence-corrected chi connectivity index (χ4v) is 2.97. The summed E-state index contributed by atoms with van der Waals surface area (Å²) in [5.41, 5.74) is 2.70. The van der Waals surface area contributed by atoms with Crippen LogP contribution < -0.4 is 15.1 Å². The van der Waals surface area contributed by atoms with Crippen LogP contribution in [0, 0.1) is 5.92 Å². The second-order valence-electron chi connectivity index (χ2n) is 5.80. The van der Waals surface area contributed by atoms with Crippen LogP contribution in [-0.2, 0) is 0 Å². The van der Waals surface area contributed by atoms with Gasteiger partial charge in [-0.2, -0.15) is 0 Å². The molecule has 2 rings (SSSR count). The van der Waals surface area contributed by atoms with Crippen molar-refractivity contribution >= 4 is 11.4 Å². The molecule has 3 nitrogen and oxygen atoms in total. The molecule has 3 heteroatoms. The molecule has 0 radical (unpaired) electrons. The lowest BCUT2D eigenvalue weighted by Crippen LogP contribution is -2.38. The molecule has 1 aliphatic rings. The van der Waals surface area contributed by atoms with Crippen molar-refractivity contribution in [2.24, 2.45) is 5.92 Å². The Morgan fingerprint density at radius 3 is 2.55 bits per heavy atom. The number of nitrogens with one attached hydrogen (secondary N) is 1. The Kier molecular flexibility index (Phi) is 5.72. The first-order valence-corrected chi connectivity index (χ1v) is 8.05. The summed E-state index contributed by atoms with van der Waals surface area (Å²) < 4.78 is 0. The normalized spacial score (nSPS) is 20.4. The highest BCUT2D eigenvalue weighted by molar-refractivity contribution is 5.56. The molecule has 1 aromatic rings. The van der Waals surface area contributed by atoms with Gasteiger partial charge in [0.1, 0.15) is 0 Å². The molecule has 1 N–H and O–H groups in total. The van der Waals surface area contributed by atoms with Crippen molar-refractivity contribution in [1.29, 1.82) is 0 Å². The molecular weight excluding hydrogens is 246 g/mol. The first-order valence-electron chi connectivity index (χ1n) is 8.05. The summed E-state index contributed by atoms with van der Waals surface area (Å²) >= 11 is 0. The quantitative estimate of drug-likeness (QED) is 0.911. The van der Waals surface area contributed by atoms with Gasteiger partial charge in [0.05, 0.1) is 0 Å². The second-order valence-corrected chi connectivity index (χ2v) is 5.80. The first-order chi connectivity index (χ1) is 9.74. The molecule has 1 aromatic carbocycles. The lowest BCUT2D eigenvalue weighted by Gasteiger charge is -2.31. The summed E-state index contributed by atoms with van der Waals surface area (Å²) in [5, 5.41) is 3.51. The highest BCUT2D eigenvalue weighted by Crippen LogP contribution is 2.22. The molecule has 0 bridgehead atoms. The maximum absolute atomic E-state index is 3.51. The van der Waals surface area contributed by atoms with Gasteiger partial charge in [0.25, 0.3) is 0 Å². The van der Waals surface area contributed by atoms with E-state index in [1.54, 1.807) is 0 Å². The molecule has 0 spiro atoms. The monoisotopic (exact) mass is 275 g/mol. The Labute approximate surface area is 124 Å². The SMILES string of the molecule is CCN(CC)c1ccc(N2CCCNCC(C)C2)cc1. The van der Waals surface area contributed by atoms with Crippen molar-refractivity contribution in [2.45, 2.75) is 27.2 Å². The minimum Gasteiger partial charge on any atom is -0.372 e. The molecule has 1 saturated heterocycles. The summed E-state index contributed by atoms with van der Waals surface area (Å²) in [5.74, 6) is 0.706. The largest absolute Gasteiger partial charge is 0.372 e. The number of rotatable bonds is 4. The molecule has 0 aliphatic carbocycles. The smallest absolute Gasteiger partial charge is 0.0367 e. The molecular formula is C17H29N3. The number of benzene rings is 1. The summed E-state index contributed by atoms with van der Waals surface area (Å²) in [6, 6.07) is 9.11. The fraction of sp³-hybridized carbons (Fsp3) is 0.647. The van der Waals surface area contributed by atoms with E-state index in [9.17, 15) is 0 Å². The van der Waals surface area contributed by atoms with E-state index >= 15 is 0 Å². The van der Waals surface area contributed by atoms with Crippen LogP contribution in [0.2, 0.25) is 0 Å². The predicted octanol–water partition coefficient (Wildman–Crippen LogP) is 2.97. The van der Waals surface area contributed by atoms with Crippen molar-refractivity contribution in [1.82, 2.24) is 5.32 Å². The van der Waals surface area contributed by atoms with Crippen molar-refractivity contribution in [3.05, 3.63) is 24.3 Å². The van der Waals surface area contributed by atoms with Gasteiger partial charge in [-0.3, -0.25) is 0 Å². The van der Waals surface area contributed by atoms with Gasteiger partial charge in [0.15, 0.2) is 0 Å². The molecule has 1 fully saturated rings. The third kappa shape index (κ3) is 3.89. The topological polar surface area (TPSA) is 18.5 Å². The number of hydrogen-bond donors (Lipinski definition) is 1. The van der Waals surface area contributed by atoms with Crippen molar-refractivity contribution in [3.63, 3.8) is 0 Å². The Morgan fingerprint density at radius 1 is 1.20 bits per heavy atom. The van der Waals surface area contributed by atoms with Gasteiger partial charge in [-0.25, -0.2) is 0 Å². The molecule has 1 heterocycles. The van der Waals surface area contributed by atoms with Gasteiger partial charge in [0, 0.05) is 37.6 Å². The van der Waals surface area contributed by atoms with Crippen molar-refractivity contribution < 1.29 is 0 Å². The van der Waals surface area contributed by atoms with E-state index in [0.29, 0.717) is 5.92 Å². The molecule has 1 atom stereocenters. The zero-order valence-corrected chi connectivity index (χ0v) is 13.2. The minimum atomic E-state index is 0.706. The van der Waals surface area contributed by atoms with Crippen molar-refractivity contribution in [3.8, 4) is 0 Å². The maximum Gasteiger partial charge on any atom is 0.0367 e. The molecule has 20 heavy (non-hydrogen) atoms. The Bertz CT molecular complexity index is 384. The van der Waals surface area contributed by atoms with Crippen molar-refractivity contribution in [2.75, 3.05) is 49.1 Å². The second kappa shape index (κ2) is 7.53. The van der Waals surface area contributed by atoms with Gasteiger partial charge >= 0.3 is 0 Å². The lowest BCUT2D eigenvalue weighted by molar-refractivity contribution is 0.468. The maximum atomic E-state index is 3.51. The van der Waals surface area contributed by atoms with Crippen LogP contribution in [0.1, 0.15) is 27.2 Å². The van der Waals surface area contributed by atoms with Crippen LogP contribution in [0.25, 0.3) is 0 Å². The Balaban J connectivity index is 2.07. The zero-order valence-electron chi connectivity index (χ0n) is 13.2. The van der Waals surface area contributed by atoms with E-state index in [4.69, 9.17) is 0 Å². The van der Waals surface area contributed by atoms with E-state index in [1.807, 2.05) is 0 Å². The average molecular weight is 275 g/mol. The predicted molar refractivity (Wildman–Crippen MR) is 88.9 cm³/mol. The minimum absolute atomic E-state index is 0.706. The van der Waals surface area contributed by atoms with E-state index < -0.39 is 0 Å². The van der Waals surface area contributed by atoms with Crippen LogP contribution in [0.4, 0.5) is 11.4 Å². The summed E-state index contributed by atoms with van der Waals surface area (Å²) in [6.45, 7) is 13.5. The molecule has 1 unspecified atom stereocenters. The molecule has 0 amide bonds. The number of hydrogen-bond acceptors (Lipinski definition) is 3. The van der Waals surface area contributed by atoms with E-state index in [1.165, 1.54) is 17.8 Å². The fourth-order valence-electron chi connectivity index (χ4n) is 2.97. The summed E-state index contributed by atoms with van der Waals surface area (Å²) in [4.78, 5) is 4.93. The van der Waals surface area contributed by atoms with Gasteiger partial charge in [0.2, 0.25) is 0 Å². The van der Waals surface area contributed by atoms with Crippen LogP contribution in [0.15, 0.2) is 24.3 Å². The lowest BCUT2D eigenvalue weighted by atomic mass is 10.1. The highest BCUT2D eigenvalue weighted by Gasteiger charge is 2.14. The highest BCUT2D eigenvalue weighted by atomic mass is 15.1. The van der Waals surface area contributed by atoms with Gasteiger partial charge in [-0.15, -0.1) is 0 Å². The number of anilines is 2. The standard InChI is InChI=1S/C17H29N3/c1-4-19(5-2)16-7-9-17(10-8-16)20-12-6-11-18-13-15(3)14-20/h7-10,15,18H,4-6,11-14H2,1-3H3. The van der Waals surface area contributed by atoms with Gasteiger partial charge < -0.3 is 15.1 Å². The van der Waals surface area contributed by atoms with Crippen LogP contribution in [0.5, 0.6) is 0 Å². The van der Waals surface area contributed by atoms with Gasteiger partial charge in [-0.1, -0.05) is 6.92 Å². The van der Waals surface area contributed by atoms with Gasteiger partial charge in [-0.05, 0) is 63.5 Å². The molecule has 0 aromatic heterocycles. The van der Waals surface area contributed by atoms with E-state index in [0.717, 1.165) is 39.3 Å². The summed E-state index contributed by atoms with van der Waals surface area (Å²) in [7, 11) is 0.